The summed E-state index contributed by atoms with van der Waals surface area (Å²) in [6.07, 6.45) is 8.20. The zero-order valence-corrected chi connectivity index (χ0v) is 10.7. The predicted molar refractivity (Wildman–Crippen MR) is 70.4 cm³/mol. The van der Waals surface area contributed by atoms with Crippen molar-refractivity contribution in [2.24, 2.45) is 0 Å². The number of rotatable bonds is 2. The standard InChI is InChI=1S/C13H15N3S/c1-10-8-15-13(17-10)16-7-3-5-12(16)11-4-2-6-14-9-11/h2,4,6,8-9,12H,3,5,7H2,1H3. The van der Waals surface area contributed by atoms with Crippen LogP contribution in [-0.2, 0) is 0 Å². The molecular weight excluding hydrogens is 230 g/mol. The summed E-state index contributed by atoms with van der Waals surface area (Å²) in [5.74, 6) is 0. The molecule has 17 heavy (non-hydrogen) atoms. The summed E-state index contributed by atoms with van der Waals surface area (Å²) in [7, 11) is 0. The third-order valence-electron chi connectivity index (χ3n) is 3.18. The highest BCUT2D eigenvalue weighted by Gasteiger charge is 2.27. The van der Waals surface area contributed by atoms with E-state index in [1.807, 2.05) is 24.7 Å². The lowest BCUT2D eigenvalue weighted by molar-refractivity contribution is 0.713. The molecule has 0 aromatic carbocycles. The van der Waals surface area contributed by atoms with Gasteiger partial charge in [0.05, 0.1) is 6.04 Å². The lowest BCUT2D eigenvalue weighted by atomic mass is 10.1. The van der Waals surface area contributed by atoms with E-state index < -0.39 is 0 Å². The van der Waals surface area contributed by atoms with E-state index in [4.69, 9.17) is 0 Å². The highest BCUT2D eigenvalue weighted by atomic mass is 32.1. The van der Waals surface area contributed by atoms with Crippen LogP contribution in [0.5, 0.6) is 0 Å². The van der Waals surface area contributed by atoms with Crippen LogP contribution >= 0.6 is 11.3 Å². The third-order valence-corrected chi connectivity index (χ3v) is 4.13. The van der Waals surface area contributed by atoms with Gasteiger partial charge in [-0.25, -0.2) is 4.98 Å². The summed E-state index contributed by atoms with van der Waals surface area (Å²) in [4.78, 5) is 12.4. The monoisotopic (exact) mass is 245 g/mol. The van der Waals surface area contributed by atoms with Crippen LogP contribution in [0, 0.1) is 6.92 Å². The fourth-order valence-electron chi connectivity index (χ4n) is 2.39. The molecule has 3 nitrogen and oxygen atoms in total. The van der Waals surface area contributed by atoms with E-state index in [-0.39, 0.29) is 0 Å². The molecule has 1 fully saturated rings. The van der Waals surface area contributed by atoms with Crippen molar-refractivity contribution < 1.29 is 0 Å². The van der Waals surface area contributed by atoms with Gasteiger partial charge in [-0.1, -0.05) is 6.07 Å². The molecule has 0 bridgehead atoms. The molecule has 1 unspecified atom stereocenters. The summed E-state index contributed by atoms with van der Waals surface area (Å²) in [5, 5.41) is 1.15. The first kappa shape index (κ1) is 10.7. The van der Waals surface area contributed by atoms with E-state index >= 15 is 0 Å². The second kappa shape index (κ2) is 4.45. The topological polar surface area (TPSA) is 29.0 Å². The number of hydrogen-bond acceptors (Lipinski definition) is 4. The molecule has 1 aliphatic heterocycles. The third kappa shape index (κ3) is 2.05. The molecule has 1 atom stereocenters. The van der Waals surface area contributed by atoms with Crippen LogP contribution in [0.15, 0.2) is 30.7 Å². The van der Waals surface area contributed by atoms with Gasteiger partial charge in [-0.05, 0) is 31.4 Å². The van der Waals surface area contributed by atoms with Crippen LogP contribution in [-0.4, -0.2) is 16.5 Å². The van der Waals surface area contributed by atoms with Gasteiger partial charge in [0.2, 0.25) is 0 Å². The molecule has 0 aliphatic carbocycles. The average Bonchev–Trinajstić information content (AvgIpc) is 2.98. The molecule has 0 saturated carbocycles. The van der Waals surface area contributed by atoms with Gasteiger partial charge in [-0.15, -0.1) is 11.3 Å². The quantitative estimate of drug-likeness (QED) is 0.813. The van der Waals surface area contributed by atoms with Gasteiger partial charge in [0.1, 0.15) is 0 Å². The fraction of sp³-hybridized carbons (Fsp3) is 0.385. The largest absolute Gasteiger partial charge is 0.341 e. The Bertz CT molecular complexity index is 494. The van der Waals surface area contributed by atoms with Gasteiger partial charge in [0.25, 0.3) is 0 Å². The Balaban J connectivity index is 1.90. The van der Waals surface area contributed by atoms with Crippen molar-refractivity contribution >= 4 is 16.5 Å². The number of nitrogens with zero attached hydrogens (tertiary/aromatic N) is 3. The molecule has 3 heterocycles. The maximum Gasteiger partial charge on any atom is 0.186 e. The maximum absolute atomic E-state index is 4.50. The maximum atomic E-state index is 4.50. The summed E-state index contributed by atoms with van der Waals surface area (Å²) in [6.45, 7) is 3.21. The first-order valence-corrected chi connectivity index (χ1v) is 6.75. The van der Waals surface area contributed by atoms with E-state index in [2.05, 4.69) is 27.9 Å². The smallest absolute Gasteiger partial charge is 0.186 e. The lowest BCUT2D eigenvalue weighted by Crippen LogP contribution is -2.22. The van der Waals surface area contributed by atoms with Crippen LogP contribution in [0.25, 0.3) is 0 Å². The molecule has 1 saturated heterocycles. The average molecular weight is 245 g/mol. The van der Waals surface area contributed by atoms with Gasteiger partial charge >= 0.3 is 0 Å². The predicted octanol–water partition coefficient (Wildman–Crippen LogP) is 3.19. The number of pyridine rings is 1. The van der Waals surface area contributed by atoms with E-state index in [1.165, 1.54) is 23.3 Å². The molecule has 0 N–H and O–H groups in total. The Hall–Kier alpha value is -1.42. The van der Waals surface area contributed by atoms with Gasteiger partial charge in [-0.2, -0.15) is 0 Å². The lowest BCUT2D eigenvalue weighted by Gasteiger charge is -2.23. The Morgan fingerprint density at radius 2 is 2.35 bits per heavy atom. The van der Waals surface area contributed by atoms with E-state index in [9.17, 15) is 0 Å². The minimum atomic E-state index is 0.453. The molecule has 1 aliphatic rings. The van der Waals surface area contributed by atoms with Crippen molar-refractivity contribution in [2.45, 2.75) is 25.8 Å². The van der Waals surface area contributed by atoms with Crippen molar-refractivity contribution in [3.63, 3.8) is 0 Å². The normalized spacial score (nSPS) is 19.8. The molecule has 0 spiro atoms. The van der Waals surface area contributed by atoms with Crippen LogP contribution in [0.2, 0.25) is 0 Å². The molecule has 4 heteroatoms. The molecule has 2 aromatic heterocycles. The van der Waals surface area contributed by atoms with Gasteiger partial charge < -0.3 is 4.90 Å². The van der Waals surface area contributed by atoms with E-state index in [0.29, 0.717) is 6.04 Å². The Kier molecular flexibility index (Phi) is 2.81. The number of aryl methyl sites for hydroxylation is 1. The summed E-state index contributed by atoms with van der Waals surface area (Å²) in [6, 6.07) is 4.63. The van der Waals surface area contributed by atoms with E-state index in [1.54, 1.807) is 11.3 Å². The molecular formula is C13H15N3S. The highest BCUT2D eigenvalue weighted by Crippen LogP contribution is 2.37. The van der Waals surface area contributed by atoms with Crippen LogP contribution in [0.4, 0.5) is 5.13 Å². The Labute approximate surface area is 105 Å². The Morgan fingerprint density at radius 3 is 3.06 bits per heavy atom. The number of anilines is 1. The van der Waals surface area contributed by atoms with Crippen LogP contribution in [0.1, 0.15) is 29.3 Å². The minimum Gasteiger partial charge on any atom is -0.341 e. The van der Waals surface area contributed by atoms with Crippen molar-refractivity contribution in [3.8, 4) is 0 Å². The minimum absolute atomic E-state index is 0.453. The van der Waals surface area contributed by atoms with Crippen molar-refractivity contribution in [1.82, 2.24) is 9.97 Å². The van der Waals surface area contributed by atoms with Gasteiger partial charge in [-0.3, -0.25) is 4.98 Å². The molecule has 2 aromatic rings. The summed E-state index contributed by atoms with van der Waals surface area (Å²) in [5.41, 5.74) is 1.30. The Morgan fingerprint density at radius 1 is 1.41 bits per heavy atom. The highest BCUT2D eigenvalue weighted by molar-refractivity contribution is 7.15. The van der Waals surface area contributed by atoms with Crippen molar-refractivity contribution in [3.05, 3.63) is 41.2 Å². The van der Waals surface area contributed by atoms with Crippen molar-refractivity contribution in [2.75, 3.05) is 11.4 Å². The zero-order chi connectivity index (χ0) is 11.7. The van der Waals surface area contributed by atoms with Crippen LogP contribution < -0.4 is 4.90 Å². The second-order valence-corrected chi connectivity index (χ2v) is 5.60. The van der Waals surface area contributed by atoms with Crippen molar-refractivity contribution in [1.29, 1.82) is 0 Å². The number of aromatic nitrogens is 2. The number of hydrogen-bond donors (Lipinski definition) is 0. The van der Waals surface area contributed by atoms with E-state index in [0.717, 1.165) is 11.7 Å². The first-order valence-electron chi connectivity index (χ1n) is 5.93. The summed E-state index contributed by atoms with van der Waals surface area (Å²) < 4.78 is 0. The first-order chi connectivity index (χ1) is 8.34. The molecule has 0 amide bonds. The zero-order valence-electron chi connectivity index (χ0n) is 9.84. The van der Waals surface area contributed by atoms with Gasteiger partial charge in [0, 0.05) is 30.0 Å². The molecule has 0 radical (unpaired) electrons. The van der Waals surface area contributed by atoms with Crippen LogP contribution in [0.3, 0.4) is 0 Å². The van der Waals surface area contributed by atoms with Gasteiger partial charge in [0.15, 0.2) is 5.13 Å². The SMILES string of the molecule is Cc1cnc(N2CCCC2c2cccnc2)s1. The number of thiazole rings is 1. The summed E-state index contributed by atoms with van der Waals surface area (Å²) >= 11 is 1.78. The molecule has 3 rings (SSSR count). The molecule has 88 valence electrons. The fourth-order valence-corrected chi connectivity index (χ4v) is 3.23. The second-order valence-electron chi connectivity index (χ2n) is 4.39.